The fourth-order valence-corrected chi connectivity index (χ4v) is 1.85. The van der Waals surface area contributed by atoms with Crippen LogP contribution in [-0.4, -0.2) is 11.1 Å². The number of carbonyl (C=O) groups is 1. The predicted octanol–water partition coefficient (Wildman–Crippen LogP) is 2.29. The Hall–Kier alpha value is -0.530. The third-order valence-corrected chi connectivity index (χ3v) is 2.58. The summed E-state index contributed by atoms with van der Waals surface area (Å²) in [5, 5.41) is 8.64. The molecule has 2 nitrogen and oxygen atoms in total. The fraction of sp³-hybridized carbons (Fsp3) is 0.889. The van der Waals surface area contributed by atoms with Crippen LogP contribution in [0.25, 0.3) is 0 Å². The van der Waals surface area contributed by atoms with Crippen molar-refractivity contribution in [2.75, 3.05) is 0 Å². The van der Waals surface area contributed by atoms with Gasteiger partial charge in [-0.2, -0.15) is 0 Å². The molecule has 0 aromatic carbocycles. The van der Waals surface area contributed by atoms with Gasteiger partial charge in [0.25, 0.3) is 0 Å². The smallest absolute Gasteiger partial charge is 0.306 e. The van der Waals surface area contributed by atoms with Crippen LogP contribution in [0.1, 0.15) is 39.0 Å². The highest BCUT2D eigenvalue weighted by Gasteiger charge is 2.20. The van der Waals surface area contributed by atoms with Crippen LogP contribution >= 0.6 is 0 Å². The Labute approximate surface area is 67.6 Å². The Bertz CT molecular complexity index is 136. The van der Waals surface area contributed by atoms with Crippen LogP contribution in [0.3, 0.4) is 0 Å². The van der Waals surface area contributed by atoms with E-state index in [1.807, 2.05) is 0 Å². The fourth-order valence-electron chi connectivity index (χ4n) is 1.85. The van der Waals surface area contributed by atoms with Crippen molar-refractivity contribution in [2.45, 2.75) is 39.0 Å². The summed E-state index contributed by atoms with van der Waals surface area (Å²) in [5.41, 5.74) is 0. The molecule has 11 heavy (non-hydrogen) atoms. The molecule has 0 saturated heterocycles. The van der Waals surface area contributed by atoms with Crippen molar-refractivity contribution in [1.82, 2.24) is 0 Å². The summed E-state index contributed by atoms with van der Waals surface area (Å²) < 4.78 is 0. The minimum absolute atomic E-state index is 0.141. The van der Waals surface area contributed by atoms with Crippen molar-refractivity contribution < 1.29 is 9.90 Å². The van der Waals surface area contributed by atoms with E-state index in [1.54, 1.807) is 6.92 Å². The first-order valence-electron chi connectivity index (χ1n) is 4.43. The van der Waals surface area contributed by atoms with Crippen molar-refractivity contribution >= 4 is 5.97 Å². The summed E-state index contributed by atoms with van der Waals surface area (Å²) in [6, 6.07) is 0. The quantitative estimate of drug-likeness (QED) is 0.680. The molecule has 64 valence electrons. The van der Waals surface area contributed by atoms with Crippen LogP contribution < -0.4 is 0 Å². The zero-order valence-electron chi connectivity index (χ0n) is 7.05. The first-order valence-corrected chi connectivity index (χ1v) is 4.43. The van der Waals surface area contributed by atoms with E-state index in [2.05, 4.69) is 0 Å². The van der Waals surface area contributed by atoms with E-state index in [9.17, 15) is 4.79 Å². The number of carboxylic acid groups (broad SMARTS) is 1. The van der Waals surface area contributed by atoms with Gasteiger partial charge in [-0.3, -0.25) is 4.79 Å². The molecule has 0 aliphatic heterocycles. The normalized spacial score (nSPS) is 21.9. The molecule has 1 N–H and O–H groups in total. The number of hydrogen-bond acceptors (Lipinski definition) is 1. The lowest BCUT2D eigenvalue weighted by Crippen LogP contribution is -2.12. The van der Waals surface area contributed by atoms with Crippen molar-refractivity contribution in [3.8, 4) is 0 Å². The van der Waals surface area contributed by atoms with Gasteiger partial charge in [0.05, 0.1) is 5.92 Å². The third-order valence-electron chi connectivity index (χ3n) is 2.58. The summed E-state index contributed by atoms with van der Waals surface area (Å²) in [6.45, 7) is 1.81. The molecule has 1 fully saturated rings. The summed E-state index contributed by atoms with van der Waals surface area (Å²) in [6.07, 6.45) is 5.98. The maximum absolute atomic E-state index is 10.5. The van der Waals surface area contributed by atoms with Crippen LogP contribution in [0, 0.1) is 11.8 Å². The molecule has 1 atom stereocenters. The van der Waals surface area contributed by atoms with Gasteiger partial charge < -0.3 is 5.11 Å². The molecule has 2 heteroatoms. The first-order chi connectivity index (χ1) is 5.20. The lowest BCUT2D eigenvalue weighted by molar-refractivity contribution is -0.141. The second-order valence-corrected chi connectivity index (χ2v) is 3.63. The van der Waals surface area contributed by atoms with Gasteiger partial charge in [0.2, 0.25) is 0 Å². The Balaban J connectivity index is 2.23. The van der Waals surface area contributed by atoms with Crippen molar-refractivity contribution in [2.24, 2.45) is 11.8 Å². The molecular weight excluding hydrogens is 140 g/mol. The third kappa shape index (κ3) is 2.52. The zero-order chi connectivity index (χ0) is 8.27. The van der Waals surface area contributed by atoms with Gasteiger partial charge in [-0.05, 0) is 12.3 Å². The molecule has 1 rings (SSSR count). The van der Waals surface area contributed by atoms with E-state index in [0.29, 0.717) is 5.92 Å². The largest absolute Gasteiger partial charge is 0.481 e. The van der Waals surface area contributed by atoms with Crippen molar-refractivity contribution in [3.05, 3.63) is 0 Å². The topological polar surface area (TPSA) is 37.3 Å². The molecule has 0 aromatic rings. The van der Waals surface area contributed by atoms with Crippen LogP contribution in [0.5, 0.6) is 0 Å². The molecule has 0 unspecified atom stereocenters. The molecule has 1 saturated carbocycles. The first kappa shape index (κ1) is 8.57. The number of rotatable bonds is 3. The summed E-state index contributed by atoms with van der Waals surface area (Å²) >= 11 is 0. The molecular formula is C9H16O2. The highest BCUT2D eigenvalue weighted by atomic mass is 16.4. The highest BCUT2D eigenvalue weighted by Crippen LogP contribution is 2.30. The van der Waals surface area contributed by atoms with Gasteiger partial charge in [0.15, 0.2) is 0 Å². The van der Waals surface area contributed by atoms with Gasteiger partial charge in [-0.1, -0.05) is 32.6 Å². The van der Waals surface area contributed by atoms with E-state index >= 15 is 0 Å². The monoisotopic (exact) mass is 156 g/mol. The molecule has 0 radical (unpaired) electrons. The highest BCUT2D eigenvalue weighted by molar-refractivity contribution is 5.69. The lowest BCUT2D eigenvalue weighted by atomic mass is 9.95. The van der Waals surface area contributed by atoms with Crippen LogP contribution in [0.15, 0.2) is 0 Å². The minimum Gasteiger partial charge on any atom is -0.481 e. The molecule has 1 aliphatic carbocycles. The van der Waals surface area contributed by atoms with Crippen molar-refractivity contribution in [3.63, 3.8) is 0 Å². The Morgan fingerprint density at radius 1 is 1.55 bits per heavy atom. The van der Waals surface area contributed by atoms with Crippen molar-refractivity contribution in [1.29, 1.82) is 0 Å². The van der Waals surface area contributed by atoms with Gasteiger partial charge in [0, 0.05) is 0 Å². The van der Waals surface area contributed by atoms with Gasteiger partial charge in [0.1, 0.15) is 0 Å². The summed E-state index contributed by atoms with van der Waals surface area (Å²) in [7, 11) is 0. The average Bonchev–Trinajstić information content (AvgIpc) is 2.39. The van der Waals surface area contributed by atoms with E-state index < -0.39 is 5.97 Å². The number of hydrogen-bond donors (Lipinski definition) is 1. The van der Waals surface area contributed by atoms with E-state index in [0.717, 1.165) is 6.42 Å². The van der Waals surface area contributed by atoms with E-state index in [4.69, 9.17) is 5.11 Å². The summed E-state index contributed by atoms with van der Waals surface area (Å²) in [4.78, 5) is 10.5. The SMILES string of the molecule is C[C@H](CC1CCCC1)C(=O)O. The molecule has 1 aliphatic rings. The van der Waals surface area contributed by atoms with Gasteiger partial charge in [-0.15, -0.1) is 0 Å². The Kier molecular flexibility index (Phi) is 2.92. The second-order valence-electron chi connectivity index (χ2n) is 3.63. The predicted molar refractivity (Wildman–Crippen MR) is 43.4 cm³/mol. The lowest BCUT2D eigenvalue weighted by Gasteiger charge is -2.11. The van der Waals surface area contributed by atoms with Crippen LogP contribution in [-0.2, 0) is 4.79 Å². The molecule has 0 amide bonds. The maximum atomic E-state index is 10.5. The van der Waals surface area contributed by atoms with Crippen LogP contribution in [0.4, 0.5) is 0 Å². The standard InChI is InChI=1S/C9H16O2/c1-7(9(10)11)6-8-4-2-3-5-8/h7-8H,2-6H2,1H3,(H,10,11)/t7-/m1/s1. The van der Waals surface area contributed by atoms with Crippen LogP contribution in [0.2, 0.25) is 0 Å². The maximum Gasteiger partial charge on any atom is 0.306 e. The molecule has 0 bridgehead atoms. The summed E-state index contributed by atoms with van der Waals surface area (Å²) in [5.74, 6) is -0.0869. The number of carboxylic acids is 1. The Morgan fingerprint density at radius 3 is 2.55 bits per heavy atom. The number of aliphatic carboxylic acids is 1. The second kappa shape index (κ2) is 3.74. The Morgan fingerprint density at radius 2 is 2.09 bits per heavy atom. The zero-order valence-corrected chi connectivity index (χ0v) is 7.05. The van der Waals surface area contributed by atoms with Gasteiger partial charge >= 0.3 is 5.97 Å². The molecule has 0 heterocycles. The van der Waals surface area contributed by atoms with E-state index in [1.165, 1.54) is 25.7 Å². The van der Waals surface area contributed by atoms with Gasteiger partial charge in [-0.25, -0.2) is 0 Å². The van der Waals surface area contributed by atoms with E-state index in [-0.39, 0.29) is 5.92 Å². The molecule has 0 spiro atoms. The average molecular weight is 156 g/mol. The molecule has 0 aromatic heterocycles. The minimum atomic E-state index is -0.642.